The van der Waals surface area contributed by atoms with E-state index in [2.05, 4.69) is 15.5 Å². The first-order valence-corrected chi connectivity index (χ1v) is 9.14. The molecule has 2 aliphatic carbocycles. The monoisotopic (exact) mass is 367 g/mol. The van der Waals surface area contributed by atoms with E-state index in [1.165, 1.54) is 0 Å². The van der Waals surface area contributed by atoms with Gasteiger partial charge in [-0.25, -0.2) is 0 Å². The van der Waals surface area contributed by atoms with E-state index in [1.54, 1.807) is 6.20 Å². The molecule has 0 radical (unpaired) electrons. The summed E-state index contributed by atoms with van der Waals surface area (Å²) < 4.78 is 0. The zero-order valence-electron chi connectivity index (χ0n) is 13.9. The first-order chi connectivity index (χ1) is 12.5. The molecule has 0 aliphatic heterocycles. The van der Waals surface area contributed by atoms with E-state index in [-0.39, 0.29) is 11.9 Å². The highest BCUT2D eigenvalue weighted by Crippen LogP contribution is 2.60. The van der Waals surface area contributed by atoms with Crippen LogP contribution in [0.4, 0.5) is 0 Å². The van der Waals surface area contributed by atoms with Crippen LogP contribution in [0.3, 0.4) is 0 Å². The first kappa shape index (κ1) is 15.9. The molecular weight excluding hydrogens is 350 g/mol. The van der Waals surface area contributed by atoms with Crippen molar-refractivity contribution in [1.29, 1.82) is 0 Å². The SMILES string of the molecule is O=C(N[C@H]1[C@@H]2C[C@](O)(c3cc(Cl)cc4cn[nH]c34)C[C@@H]21)c1ccccc1. The minimum atomic E-state index is -0.932. The molecule has 4 atom stereocenters. The highest BCUT2D eigenvalue weighted by molar-refractivity contribution is 6.31. The third-order valence-corrected chi connectivity index (χ3v) is 6.05. The number of aliphatic hydroxyl groups is 1. The van der Waals surface area contributed by atoms with Gasteiger partial charge in [0.25, 0.3) is 5.91 Å². The number of H-pyrrole nitrogens is 1. The molecule has 3 N–H and O–H groups in total. The van der Waals surface area contributed by atoms with Crippen LogP contribution in [0.15, 0.2) is 48.7 Å². The molecule has 5 nitrogen and oxygen atoms in total. The van der Waals surface area contributed by atoms with Gasteiger partial charge in [0.15, 0.2) is 0 Å². The number of carbonyl (C=O) groups excluding carboxylic acids is 1. The molecular formula is C20H18ClN3O2. The van der Waals surface area contributed by atoms with Crippen molar-refractivity contribution in [1.82, 2.24) is 15.5 Å². The number of nitrogens with one attached hydrogen (secondary N) is 2. The number of carbonyl (C=O) groups is 1. The molecule has 1 amide bonds. The van der Waals surface area contributed by atoms with Crippen molar-refractivity contribution in [3.8, 4) is 0 Å². The van der Waals surface area contributed by atoms with Crippen LogP contribution in [0.5, 0.6) is 0 Å². The summed E-state index contributed by atoms with van der Waals surface area (Å²) in [6, 6.07) is 13.0. The third-order valence-electron chi connectivity index (χ3n) is 5.83. The number of amides is 1. The standard InChI is InChI=1S/C20H18ClN3O2/c21-13-6-12-10-22-24-17(12)16(7-13)20(26)8-14-15(9-20)18(14)23-19(25)11-4-2-1-3-5-11/h1-7,10,14-15,18,26H,8-9H2,(H,22,24)(H,23,25)/t14-,15+,18+,20-. The average Bonchev–Trinajstić information content (AvgIpc) is 3.01. The summed E-state index contributed by atoms with van der Waals surface area (Å²) in [4.78, 5) is 12.3. The minimum Gasteiger partial charge on any atom is -0.385 e. The maximum atomic E-state index is 12.3. The van der Waals surface area contributed by atoms with Crippen molar-refractivity contribution in [3.05, 3.63) is 64.8 Å². The van der Waals surface area contributed by atoms with E-state index in [0.29, 0.717) is 35.3 Å². The van der Waals surface area contributed by atoms with E-state index in [1.807, 2.05) is 42.5 Å². The second-order valence-electron chi connectivity index (χ2n) is 7.42. The Kier molecular flexibility index (Phi) is 3.39. The van der Waals surface area contributed by atoms with Gasteiger partial charge in [0.05, 0.1) is 17.3 Å². The summed E-state index contributed by atoms with van der Waals surface area (Å²) in [6.45, 7) is 0. The fraction of sp³-hybridized carbons (Fsp3) is 0.300. The van der Waals surface area contributed by atoms with Crippen molar-refractivity contribution in [2.45, 2.75) is 24.5 Å². The summed E-state index contributed by atoms with van der Waals surface area (Å²) in [5, 5.41) is 22.9. The fourth-order valence-electron chi connectivity index (χ4n) is 4.51. The molecule has 0 bridgehead atoms. The van der Waals surface area contributed by atoms with Gasteiger partial charge in [0, 0.05) is 27.6 Å². The summed E-state index contributed by atoms with van der Waals surface area (Å²) in [5.41, 5.74) is 1.38. The van der Waals surface area contributed by atoms with Crippen molar-refractivity contribution >= 4 is 28.4 Å². The fourth-order valence-corrected chi connectivity index (χ4v) is 4.74. The summed E-state index contributed by atoms with van der Waals surface area (Å²) >= 11 is 6.22. The molecule has 1 aromatic heterocycles. The smallest absolute Gasteiger partial charge is 0.251 e. The highest BCUT2D eigenvalue weighted by atomic mass is 35.5. The van der Waals surface area contributed by atoms with Gasteiger partial charge in [-0.15, -0.1) is 0 Å². The number of aromatic nitrogens is 2. The Labute approximate surface area is 155 Å². The molecule has 2 saturated carbocycles. The van der Waals surface area contributed by atoms with E-state index in [4.69, 9.17) is 11.6 Å². The lowest BCUT2D eigenvalue weighted by Gasteiger charge is -2.27. The summed E-state index contributed by atoms with van der Waals surface area (Å²) in [5.74, 6) is 0.543. The summed E-state index contributed by atoms with van der Waals surface area (Å²) in [6.07, 6.45) is 2.95. The molecule has 0 spiro atoms. The Morgan fingerprint density at radius 1 is 1.23 bits per heavy atom. The van der Waals surface area contributed by atoms with Crippen LogP contribution in [0.2, 0.25) is 5.02 Å². The molecule has 26 heavy (non-hydrogen) atoms. The molecule has 132 valence electrons. The van der Waals surface area contributed by atoms with Crippen LogP contribution < -0.4 is 5.32 Å². The first-order valence-electron chi connectivity index (χ1n) is 8.76. The Hall–Kier alpha value is -2.37. The maximum absolute atomic E-state index is 12.3. The van der Waals surface area contributed by atoms with Crippen molar-refractivity contribution < 1.29 is 9.90 Å². The third kappa shape index (κ3) is 2.42. The van der Waals surface area contributed by atoms with Gasteiger partial charge in [-0.3, -0.25) is 9.89 Å². The van der Waals surface area contributed by atoms with Crippen LogP contribution >= 0.6 is 11.6 Å². The van der Waals surface area contributed by atoms with Crippen LogP contribution in [0.1, 0.15) is 28.8 Å². The van der Waals surface area contributed by atoms with Gasteiger partial charge >= 0.3 is 0 Å². The van der Waals surface area contributed by atoms with Gasteiger partial charge in [-0.1, -0.05) is 29.8 Å². The number of nitrogens with zero attached hydrogens (tertiary/aromatic N) is 1. The molecule has 6 heteroatoms. The molecule has 1 heterocycles. The van der Waals surface area contributed by atoms with Gasteiger partial charge in [0.1, 0.15) is 0 Å². The highest BCUT2D eigenvalue weighted by Gasteiger charge is 2.62. The van der Waals surface area contributed by atoms with E-state index in [0.717, 1.165) is 16.5 Å². The largest absolute Gasteiger partial charge is 0.385 e. The number of halogens is 1. The summed E-state index contributed by atoms with van der Waals surface area (Å²) in [7, 11) is 0. The van der Waals surface area contributed by atoms with Gasteiger partial charge in [0.2, 0.25) is 0 Å². The average molecular weight is 368 g/mol. The molecule has 5 rings (SSSR count). The second-order valence-corrected chi connectivity index (χ2v) is 7.86. The van der Waals surface area contributed by atoms with Crippen molar-refractivity contribution in [3.63, 3.8) is 0 Å². The molecule has 0 unspecified atom stereocenters. The maximum Gasteiger partial charge on any atom is 0.251 e. The molecule has 2 aromatic carbocycles. The minimum absolute atomic E-state index is 0.0488. The zero-order chi connectivity index (χ0) is 17.9. The van der Waals surface area contributed by atoms with Crippen molar-refractivity contribution in [2.24, 2.45) is 11.8 Å². The molecule has 0 saturated heterocycles. The molecule has 2 aliphatic rings. The van der Waals surface area contributed by atoms with E-state index < -0.39 is 5.60 Å². The molecule has 2 fully saturated rings. The Bertz CT molecular complexity index is 989. The van der Waals surface area contributed by atoms with Gasteiger partial charge < -0.3 is 10.4 Å². The normalized spacial score (nSPS) is 29.5. The van der Waals surface area contributed by atoms with E-state index in [9.17, 15) is 9.90 Å². The predicted molar refractivity (Wildman–Crippen MR) is 98.9 cm³/mol. The van der Waals surface area contributed by atoms with Crippen LogP contribution in [-0.4, -0.2) is 27.3 Å². The van der Waals surface area contributed by atoms with Crippen LogP contribution in [-0.2, 0) is 5.60 Å². The van der Waals surface area contributed by atoms with Crippen molar-refractivity contribution in [2.75, 3.05) is 0 Å². The lowest BCUT2D eigenvalue weighted by atomic mass is 9.87. The number of hydrogen-bond donors (Lipinski definition) is 3. The van der Waals surface area contributed by atoms with Gasteiger partial charge in [-0.2, -0.15) is 5.10 Å². The number of rotatable bonds is 3. The topological polar surface area (TPSA) is 78.0 Å². The van der Waals surface area contributed by atoms with E-state index >= 15 is 0 Å². The Balaban J connectivity index is 1.34. The van der Waals surface area contributed by atoms with Crippen LogP contribution in [0.25, 0.3) is 10.9 Å². The Morgan fingerprint density at radius 3 is 2.69 bits per heavy atom. The van der Waals surface area contributed by atoms with Gasteiger partial charge in [-0.05, 0) is 48.9 Å². The lowest BCUT2D eigenvalue weighted by molar-refractivity contribution is 0.0291. The number of fused-ring (bicyclic) bond motifs is 2. The second kappa shape index (κ2) is 5.56. The number of aromatic amines is 1. The lowest BCUT2D eigenvalue weighted by Crippen LogP contribution is -2.33. The number of benzene rings is 2. The quantitative estimate of drug-likeness (QED) is 0.665. The zero-order valence-corrected chi connectivity index (χ0v) is 14.7. The van der Waals surface area contributed by atoms with Crippen LogP contribution in [0, 0.1) is 11.8 Å². The Morgan fingerprint density at radius 2 is 1.96 bits per heavy atom. The number of hydrogen-bond acceptors (Lipinski definition) is 3. The predicted octanol–water partition coefficient (Wildman–Crippen LogP) is 3.24. The molecule has 3 aromatic rings.